The molecular weight excluding hydrogens is 307 g/mol. The number of ether oxygens (including phenoxy) is 2. The van der Waals surface area contributed by atoms with E-state index in [1.165, 1.54) is 6.07 Å². The standard InChI is InChI=1S/C19H23FN2O2/c1-23-18-8-7-13(10-19(18)24-2)14-9-15(21)12-22(11-14)17-6-4-3-5-16(17)20/h3-8,10,14-15H,9,11-12,21H2,1-2H3. The number of nitrogens with zero attached hydrogens (tertiary/aromatic N) is 1. The molecule has 0 aromatic heterocycles. The van der Waals surface area contributed by atoms with Gasteiger partial charge in [0.05, 0.1) is 19.9 Å². The Morgan fingerprint density at radius 1 is 1.04 bits per heavy atom. The van der Waals surface area contributed by atoms with Crippen molar-refractivity contribution in [3.8, 4) is 11.5 Å². The second kappa shape index (κ2) is 7.09. The lowest BCUT2D eigenvalue weighted by atomic mass is 9.88. The maximum absolute atomic E-state index is 14.1. The number of hydrogen-bond donors (Lipinski definition) is 1. The zero-order valence-corrected chi connectivity index (χ0v) is 14.0. The normalized spacial score (nSPS) is 20.8. The maximum atomic E-state index is 14.1. The summed E-state index contributed by atoms with van der Waals surface area (Å²) in [7, 11) is 3.24. The average molecular weight is 330 g/mol. The van der Waals surface area contributed by atoms with Crippen molar-refractivity contribution in [2.24, 2.45) is 5.73 Å². The van der Waals surface area contributed by atoms with Crippen LogP contribution in [0.2, 0.25) is 0 Å². The summed E-state index contributed by atoms with van der Waals surface area (Å²) >= 11 is 0. The van der Waals surface area contributed by atoms with E-state index in [9.17, 15) is 4.39 Å². The minimum atomic E-state index is -0.210. The highest BCUT2D eigenvalue weighted by atomic mass is 19.1. The molecule has 1 saturated heterocycles. The molecule has 1 heterocycles. The SMILES string of the molecule is COc1ccc(C2CC(N)CN(c3ccccc3F)C2)cc1OC. The molecule has 24 heavy (non-hydrogen) atoms. The smallest absolute Gasteiger partial charge is 0.160 e. The Morgan fingerprint density at radius 2 is 1.79 bits per heavy atom. The van der Waals surface area contributed by atoms with E-state index in [1.54, 1.807) is 26.4 Å². The van der Waals surface area contributed by atoms with Crippen LogP contribution >= 0.6 is 0 Å². The maximum Gasteiger partial charge on any atom is 0.160 e. The fourth-order valence-corrected chi connectivity index (χ4v) is 3.39. The Hall–Kier alpha value is -2.27. The van der Waals surface area contributed by atoms with Crippen molar-refractivity contribution in [3.05, 3.63) is 53.8 Å². The molecule has 1 aliphatic heterocycles. The molecule has 128 valence electrons. The van der Waals surface area contributed by atoms with Gasteiger partial charge in [0.2, 0.25) is 0 Å². The van der Waals surface area contributed by atoms with Crippen LogP contribution < -0.4 is 20.1 Å². The largest absolute Gasteiger partial charge is 0.493 e. The third kappa shape index (κ3) is 3.31. The molecule has 4 nitrogen and oxygen atoms in total. The Morgan fingerprint density at radius 3 is 2.50 bits per heavy atom. The summed E-state index contributed by atoms with van der Waals surface area (Å²) in [4.78, 5) is 2.03. The lowest BCUT2D eigenvalue weighted by Gasteiger charge is -2.38. The van der Waals surface area contributed by atoms with E-state index >= 15 is 0 Å². The second-order valence-electron chi connectivity index (χ2n) is 6.16. The average Bonchev–Trinajstić information content (AvgIpc) is 2.61. The molecule has 0 saturated carbocycles. The Labute approximate surface area is 142 Å². The Bertz CT molecular complexity index is 708. The molecule has 0 radical (unpaired) electrons. The van der Waals surface area contributed by atoms with Crippen molar-refractivity contribution in [2.45, 2.75) is 18.4 Å². The molecule has 0 bridgehead atoms. The third-order valence-corrected chi connectivity index (χ3v) is 4.56. The van der Waals surface area contributed by atoms with Crippen molar-refractivity contribution < 1.29 is 13.9 Å². The molecule has 2 aromatic carbocycles. The van der Waals surface area contributed by atoms with Crippen LogP contribution in [-0.4, -0.2) is 33.4 Å². The minimum absolute atomic E-state index is 0.00328. The summed E-state index contributed by atoms with van der Waals surface area (Å²) in [5.41, 5.74) is 7.99. The minimum Gasteiger partial charge on any atom is -0.493 e. The first-order chi connectivity index (χ1) is 11.6. The van der Waals surface area contributed by atoms with Gasteiger partial charge in [0.15, 0.2) is 11.5 Å². The quantitative estimate of drug-likeness (QED) is 0.935. The number of hydrogen-bond acceptors (Lipinski definition) is 4. The lowest BCUT2D eigenvalue weighted by molar-refractivity contribution is 0.353. The highest BCUT2D eigenvalue weighted by molar-refractivity contribution is 5.50. The first-order valence-electron chi connectivity index (χ1n) is 8.09. The molecule has 2 unspecified atom stereocenters. The van der Waals surface area contributed by atoms with E-state index in [0.29, 0.717) is 23.7 Å². The molecule has 1 fully saturated rings. The van der Waals surface area contributed by atoms with Crippen LogP contribution in [0.15, 0.2) is 42.5 Å². The Balaban J connectivity index is 1.87. The summed E-state index contributed by atoms with van der Waals surface area (Å²) in [6.07, 6.45) is 0.862. The highest BCUT2D eigenvalue weighted by Crippen LogP contribution is 2.35. The molecule has 2 atom stereocenters. The zero-order chi connectivity index (χ0) is 17.1. The van der Waals surface area contributed by atoms with E-state index in [4.69, 9.17) is 15.2 Å². The van der Waals surface area contributed by atoms with Crippen LogP contribution in [0.3, 0.4) is 0 Å². The topological polar surface area (TPSA) is 47.7 Å². The van der Waals surface area contributed by atoms with Crippen LogP contribution in [0.5, 0.6) is 11.5 Å². The van der Waals surface area contributed by atoms with Gasteiger partial charge < -0.3 is 20.1 Å². The molecule has 3 rings (SSSR count). The number of rotatable bonds is 4. The number of para-hydroxylation sites is 1. The number of nitrogens with two attached hydrogens (primary N) is 1. The molecular formula is C19H23FN2O2. The number of piperidine rings is 1. The summed E-state index contributed by atoms with van der Waals surface area (Å²) in [5, 5.41) is 0. The van der Waals surface area contributed by atoms with Crippen LogP contribution in [-0.2, 0) is 0 Å². The fourth-order valence-electron chi connectivity index (χ4n) is 3.39. The number of halogens is 1. The van der Waals surface area contributed by atoms with Gasteiger partial charge in [-0.2, -0.15) is 0 Å². The van der Waals surface area contributed by atoms with Crippen LogP contribution in [0, 0.1) is 5.82 Å². The predicted molar refractivity (Wildman–Crippen MR) is 93.5 cm³/mol. The van der Waals surface area contributed by atoms with Gasteiger partial charge in [-0.15, -0.1) is 0 Å². The van der Waals surface area contributed by atoms with Crippen LogP contribution in [0.25, 0.3) is 0 Å². The summed E-state index contributed by atoms with van der Waals surface area (Å²) in [5.74, 6) is 1.41. The van der Waals surface area contributed by atoms with E-state index in [2.05, 4.69) is 0 Å². The molecule has 2 N–H and O–H groups in total. The van der Waals surface area contributed by atoms with Gasteiger partial charge in [-0.05, 0) is 36.2 Å². The first-order valence-corrected chi connectivity index (χ1v) is 8.09. The van der Waals surface area contributed by atoms with Gasteiger partial charge in [0.25, 0.3) is 0 Å². The Kier molecular flexibility index (Phi) is 4.90. The molecule has 2 aromatic rings. The fraction of sp³-hybridized carbons (Fsp3) is 0.368. The number of methoxy groups -OCH3 is 2. The van der Waals surface area contributed by atoms with Gasteiger partial charge in [-0.25, -0.2) is 4.39 Å². The van der Waals surface area contributed by atoms with Gasteiger partial charge in [0.1, 0.15) is 5.82 Å². The lowest BCUT2D eigenvalue weighted by Crippen LogP contribution is -2.46. The molecule has 0 spiro atoms. The zero-order valence-electron chi connectivity index (χ0n) is 14.0. The number of anilines is 1. The van der Waals surface area contributed by atoms with E-state index in [0.717, 1.165) is 18.5 Å². The molecule has 0 amide bonds. The highest BCUT2D eigenvalue weighted by Gasteiger charge is 2.28. The van der Waals surface area contributed by atoms with Gasteiger partial charge in [-0.3, -0.25) is 0 Å². The van der Waals surface area contributed by atoms with Gasteiger partial charge >= 0.3 is 0 Å². The van der Waals surface area contributed by atoms with E-state index in [1.807, 2.05) is 29.2 Å². The van der Waals surface area contributed by atoms with Crippen LogP contribution in [0.1, 0.15) is 17.9 Å². The van der Waals surface area contributed by atoms with Crippen LogP contribution in [0.4, 0.5) is 10.1 Å². The second-order valence-corrected chi connectivity index (χ2v) is 6.16. The van der Waals surface area contributed by atoms with Gasteiger partial charge in [0, 0.05) is 25.0 Å². The van der Waals surface area contributed by atoms with Crippen molar-refractivity contribution in [2.75, 3.05) is 32.2 Å². The van der Waals surface area contributed by atoms with Crippen molar-refractivity contribution in [1.29, 1.82) is 0 Å². The number of benzene rings is 2. The summed E-state index contributed by atoms with van der Waals surface area (Å²) in [6.45, 7) is 1.38. The molecule has 5 heteroatoms. The predicted octanol–water partition coefficient (Wildman–Crippen LogP) is 3.16. The summed E-state index contributed by atoms with van der Waals surface area (Å²) < 4.78 is 24.8. The van der Waals surface area contributed by atoms with Crippen molar-refractivity contribution in [3.63, 3.8) is 0 Å². The van der Waals surface area contributed by atoms with E-state index in [-0.39, 0.29) is 17.8 Å². The molecule has 1 aliphatic rings. The van der Waals surface area contributed by atoms with Gasteiger partial charge in [-0.1, -0.05) is 18.2 Å². The first kappa shape index (κ1) is 16.6. The van der Waals surface area contributed by atoms with Crippen molar-refractivity contribution >= 4 is 5.69 Å². The van der Waals surface area contributed by atoms with E-state index < -0.39 is 0 Å². The summed E-state index contributed by atoms with van der Waals surface area (Å²) in [6, 6.07) is 12.8. The molecule has 0 aliphatic carbocycles. The monoisotopic (exact) mass is 330 g/mol. The third-order valence-electron chi connectivity index (χ3n) is 4.56. The van der Waals surface area contributed by atoms with Crippen molar-refractivity contribution in [1.82, 2.24) is 0 Å².